The van der Waals surface area contributed by atoms with Crippen LogP contribution in [0.2, 0.25) is 0 Å². The summed E-state index contributed by atoms with van der Waals surface area (Å²) in [4.78, 5) is 27.0. The van der Waals surface area contributed by atoms with Crippen molar-refractivity contribution in [3.63, 3.8) is 0 Å². The number of carbonyl (C=O) groups excluding carboxylic acids is 1. The number of fused-ring (bicyclic) bond motifs is 1. The number of benzene rings is 2. The third-order valence-electron chi connectivity index (χ3n) is 5.33. The van der Waals surface area contributed by atoms with Crippen LogP contribution in [-0.4, -0.2) is 17.5 Å². The number of hydrogen-bond donors (Lipinski definition) is 0. The quantitative estimate of drug-likeness (QED) is 0.650. The second-order valence-corrected chi connectivity index (χ2v) is 7.31. The van der Waals surface area contributed by atoms with E-state index in [1.807, 2.05) is 55.5 Å². The predicted molar refractivity (Wildman–Crippen MR) is 115 cm³/mol. The first-order valence-corrected chi connectivity index (χ1v) is 9.77. The molecule has 1 aliphatic rings. The molecular weight excluding hydrogens is 348 g/mol. The summed E-state index contributed by atoms with van der Waals surface area (Å²) in [5.74, 6) is 0.577. The van der Waals surface area contributed by atoms with Crippen LogP contribution in [-0.2, 0) is 6.54 Å². The minimum Gasteiger partial charge on any atom is -0.311 e. The Bertz CT molecular complexity index is 1110. The van der Waals surface area contributed by atoms with E-state index in [2.05, 4.69) is 12.2 Å². The maximum atomic E-state index is 12.8. The first-order chi connectivity index (χ1) is 13.6. The van der Waals surface area contributed by atoms with Crippen LogP contribution in [0.1, 0.15) is 35.7 Å². The van der Waals surface area contributed by atoms with E-state index in [0.29, 0.717) is 18.0 Å². The summed E-state index contributed by atoms with van der Waals surface area (Å²) >= 11 is 0. The van der Waals surface area contributed by atoms with Crippen LogP contribution in [0.5, 0.6) is 0 Å². The zero-order valence-electron chi connectivity index (χ0n) is 16.3. The molecule has 0 spiro atoms. The molecule has 1 heterocycles. The molecule has 1 aliphatic carbocycles. The van der Waals surface area contributed by atoms with Crippen molar-refractivity contribution in [3.8, 4) is 0 Å². The summed E-state index contributed by atoms with van der Waals surface area (Å²) in [5.41, 5.74) is 3.28. The molecule has 0 bridgehead atoms. The lowest BCUT2D eigenvalue weighted by Crippen LogP contribution is -2.26. The number of aryl methyl sites for hydroxylation is 1. The molecule has 3 aromatic rings. The fourth-order valence-corrected chi connectivity index (χ4v) is 3.49. The van der Waals surface area contributed by atoms with E-state index in [4.69, 9.17) is 0 Å². The highest BCUT2D eigenvalue weighted by Gasteiger charge is 2.18. The zero-order chi connectivity index (χ0) is 19.7. The maximum absolute atomic E-state index is 12.8. The van der Waals surface area contributed by atoms with Crippen LogP contribution in [0.25, 0.3) is 17.0 Å². The molecule has 1 fully saturated rings. The van der Waals surface area contributed by atoms with Gasteiger partial charge in [-0.1, -0.05) is 30.4 Å². The molecule has 0 saturated heterocycles. The van der Waals surface area contributed by atoms with Gasteiger partial charge < -0.3 is 9.47 Å². The maximum Gasteiger partial charge on any atom is 0.258 e. The van der Waals surface area contributed by atoms with Crippen LogP contribution in [0.4, 0.5) is 5.69 Å². The van der Waals surface area contributed by atoms with E-state index in [9.17, 15) is 9.59 Å². The van der Waals surface area contributed by atoms with Gasteiger partial charge in [0, 0.05) is 36.3 Å². The SMILES string of the molecule is CCn1c(=O)cc(/C=C/C2CC2)c2cc(N(C)C(=O)c3ccccc3)ccc21. The summed E-state index contributed by atoms with van der Waals surface area (Å²) in [7, 11) is 1.78. The third-order valence-corrected chi connectivity index (χ3v) is 5.33. The molecule has 0 N–H and O–H groups in total. The van der Waals surface area contributed by atoms with E-state index >= 15 is 0 Å². The van der Waals surface area contributed by atoms with Gasteiger partial charge in [-0.2, -0.15) is 0 Å². The van der Waals surface area contributed by atoms with Crippen molar-refractivity contribution in [2.75, 3.05) is 11.9 Å². The van der Waals surface area contributed by atoms with Crippen LogP contribution in [0.15, 0.2) is 65.5 Å². The first kappa shape index (κ1) is 18.2. The fourth-order valence-electron chi connectivity index (χ4n) is 3.49. The average molecular weight is 372 g/mol. The summed E-state index contributed by atoms with van der Waals surface area (Å²) in [6.07, 6.45) is 6.69. The van der Waals surface area contributed by atoms with Crippen molar-refractivity contribution in [2.24, 2.45) is 5.92 Å². The second kappa shape index (κ2) is 7.47. The Kier molecular flexibility index (Phi) is 4.86. The highest BCUT2D eigenvalue weighted by atomic mass is 16.2. The normalized spacial score (nSPS) is 13.9. The highest BCUT2D eigenvalue weighted by molar-refractivity contribution is 6.06. The van der Waals surface area contributed by atoms with Gasteiger partial charge in [0.2, 0.25) is 0 Å². The van der Waals surface area contributed by atoms with Gasteiger partial charge in [-0.05, 0) is 61.6 Å². The first-order valence-electron chi connectivity index (χ1n) is 9.77. The van der Waals surface area contributed by atoms with E-state index in [1.54, 1.807) is 22.6 Å². The lowest BCUT2D eigenvalue weighted by atomic mass is 10.1. The van der Waals surface area contributed by atoms with Crippen molar-refractivity contribution in [3.05, 3.63) is 82.2 Å². The van der Waals surface area contributed by atoms with Gasteiger partial charge in [-0.25, -0.2) is 0 Å². The molecule has 4 heteroatoms. The summed E-state index contributed by atoms with van der Waals surface area (Å²) in [6.45, 7) is 2.58. The topological polar surface area (TPSA) is 42.3 Å². The number of hydrogen-bond acceptors (Lipinski definition) is 2. The Morgan fingerprint density at radius 1 is 1.14 bits per heavy atom. The van der Waals surface area contributed by atoms with Crippen molar-refractivity contribution in [1.29, 1.82) is 0 Å². The molecule has 1 saturated carbocycles. The van der Waals surface area contributed by atoms with Gasteiger partial charge in [-0.15, -0.1) is 0 Å². The average Bonchev–Trinajstić information content (AvgIpc) is 3.56. The van der Waals surface area contributed by atoms with Gasteiger partial charge in [0.25, 0.3) is 11.5 Å². The fraction of sp³-hybridized carbons (Fsp3) is 0.250. The van der Waals surface area contributed by atoms with Gasteiger partial charge in [-0.3, -0.25) is 9.59 Å². The zero-order valence-corrected chi connectivity index (χ0v) is 16.3. The number of amides is 1. The molecule has 0 radical (unpaired) electrons. The minimum absolute atomic E-state index is 0.00640. The Hall–Kier alpha value is -3.14. The molecule has 0 aliphatic heterocycles. The summed E-state index contributed by atoms with van der Waals surface area (Å²) in [5, 5.41) is 0.989. The number of pyridine rings is 1. The van der Waals surface area contributed by atoms with E-state index in [-0.39, 0.29) is 11.5 Å². The van der Waals surface area contributed by atoms with Gasteiger partial charge in [0.1, 0.15) is 0 Å². The molecule has 2 aromatic carbocycles. The Morgan fingerprint density at radius 2 is 1.89 bits per heavy atom. The lowest BCUT2D eigenvalue weighted by Gasteiger charge is -2.19. The highest BCUT2D eigenvalue weighted by Crippen LogP contribution is 2.32. The predicted octanol–water partition coefficient (Wildman–Crippen LogP) is 4.72. The van der Waals surface area contributed by atoms with Crippen molar-refractivity contribution >= 4 is 28.6 Å². The van der Waals surface area contributed by atoms with Crippen LogP contribution in [0, 0.1) is 5.92 Å². The van der Waals surface area contributed by atoms with Crippen molar-refractivity contribution in [1.82, 2.24) is 4.57 Å². The Labute approximate surface area is 164 Å². The number of aromatic nitrogens is 1. The third kappa shape index (κ3) is 3.50. The van der Waals surface area contributed by atoms with Crippen LogP contribution < -0.4 is 10.5 Å². The lowest BCUT2D eigenvalue weighted by molar-refractivity contribution is 0.0993. The molecule has 1 amide bonds. The molecule has 4 rings (SSSR count). The largest absolute Gasteiger partial charge is 0.311 e. The molecule has 0 atom stereocenters. The van der Waals surface area contributed by atoms with Gasteiger partial charge in [0.05, 0.1) is 5.52 Å². The Morgan fingerprint density at radius 3 is 2.57 bits per heavy atom. The number of nitrogens with zero attached hydrogens (tertiary/aromatic N) is 2. The van der Waals surface area contributed by atoms with Crippen molar-refractivity contribution < 1.29 is 4.79 Å². The molecule has 1 aromatic heterocycles. The monoisotopic (exact) mass is 372 g/mol. The van der Waals surface area contributed by atoms with Crippen LogP contribution in [0.3, 0.4) is 0 Å². The summed E-state index contributed by atoms with van der Waals surface area (Å²) < 4.78 is 1.77. The van der Waals surface area contributed by atoms with Gasteiger partial charge >= 0.3 is 0 Å². The van der Waals surface area contributed by atoms with Crippen molar-refractivity contribution in [2.45, 2.75) is 26.3 Å². The molecule has 142 valence electrons. The summed E-state index contributed by atoms with van der Waals surface area (Å²) in [6, 6.07) is 16.8. The molecular formula is C24H24N2O2. The van der Waals surface area contributed by atoms with E-state index in [1.165, 1.54) is 12.8 Å². The Balaban J connectivity index is 1.80. The second-order valence-electron chi connectivity index (χ2n) is 7.31. The number of allylic oxidation sites excluding steroid dienone is 1. The minimum atomic E-state index is -0.0566. The standard InChI is InChI=1S/C24H24N2O2/c1-3-26-22-14-13-20(25(2)24(28)18-7-5-4-6-8-18)16-21(22)19(15-23(26)27)12-11-17-9-10-17/h4-8,11-17H,3,9-10H2,1-2H3/b12-11+. The van der Waals surface area contributed by atoms with Crippen LogP contribution >= 0.6 is 0 Å². The molecule has 0 unspecified atom stereocenters. The smallest absolute Gasteiger partial charge is 0.258 e. The number of carbonyl (C=O) groups is 1. The number of anilines is 1. The molecule has 28 heavy (non-hydrogen) atoms. The van der Waals surface area contributed by atoms with E-state index in [0.717, 1.165) is 22.2 Å². The van der Waals surface area contributed by atoms with E-state index < -0.39 is 0 Å². The van der Waals surface area contributed by atoms with Gasteiger partial charge in [0.15, 0.2) is 0 Å². The molecule has 4 nitrogen and oxygen atoms in total. The number of rotatable bonds is 5.